The summed E-state index contributed by atoms with van der Waals surface area (Å²) in [5.74, 6) is 1.15. The van der Waals surface area contributed by atoms with E-state index in [0.29, 0.717) is 30.0 Å². The highest BCUT2D eigenvalue weighted by atomic mass is 79.9. The number of aliphatic hydroxyl groups excluding tert-OH is 1. The molecule has 1 amide bonds. The Bertz CT molecular complexity index is 719. The Morgan fingerprint density at radius 2 is 2.00 bits per heavy atom. The lowest BCUT2D eigenvalue weighted by atomic mass is 10.1. The number of hydrogen-bond donors (Lipinski definition) is 2. The van der Waals surface area contributed by atoms with Crippen molar-refractivity contribution in [2.75, 3.05) is 13.3 Å². The maximum Gasteiger partial charge on any atom is 0.252 e. The summed E-state index contributed by atoms with van der Waals surface area (Å²) in [6, 6.07) is 12.6. The summed E-state index contributed by atoms with van der Waals surface area (Å²) in [5, 5.41) is 13.0. The van der Waals surface area contributed by atoms with Crippen molar-refractivity contribution in [3.63, 3.8) is 0 Å². The molecule has 23 heavy (non-hydrogen) atoms. The van der Waals surface area contributed by atoms with E-state index >= 15 is 0 Å². The highest BCUT2D eigenvalue weighted by Crippen LogP contribution is 2.34. The standard InChI is InChI=1S/C17H16BrNO4/c18-13-4-2-1-3-12(13)17(21)19-8-7-14(20)11-5-6-15-16(9-11)23-10-22-15/h1-6,9,14,20H,7-8,10H2,(H,19,21)/t14-/m1/s1. The second kappa shape index (κ2) is 7.02. The molecule has 6 heteroatoms. The Hall–Kier alpha value is -2.05. The molecule has 0 radical (unpaired) electrons. The molecule has 0 spiro atoms. The van der Waals surface area contributed by atoms with Crippen molar-refractivity contribution in [3.05, 3.63) is 58.1 Å². The molecule has 0 fully saturated rings. The number of rotatable bonds is 5. The SMILES string of the molecule is O=C(NCC[C@@H](O)c1ccc2c(c1)OCO2)c1ccccc1Br. The normalized spacial score (nSPS) is 13.7. The third-order valence-electron chi connectivity index (χ3n) is 3.60. The van der Waals surface area contributed by atoms with Gasteiger partial charge in [0.2, 0.25) is 6.79 Å². The van der Waals surface area contributed by atoms with Gasteiger partial charge in [0.05, 0.1) is 11.7 Å². The van der Waals surface area contributed by atoms with E-state index in [-0.39, 0.29) is 12.7 Å². The number of benzene rings is 2. The first-order valence-electron chi connectivity index (χ1n) is 7.25. The third kappa shape index (κ3) is 3.65. The van der Waals surface area contributed by atoms with Crippen LogP contribution in [0.15, 0.2) is 46.9 Å². The van der Waals surface area contributed by atoms with E-state index in [2.05, 4.69) is 21.2 Å². The lowest BCUT2D eigenvalue weighted by molar-refractivity contribution is 0.0941. The fourth-order valence-electron chi connectivity index (χ4n) is 2.35. The maximum absolute atomic E-state index is 12.1. The minimum atomic E-state index is -0.677. The van der Waals surface area contributed by atoms with Crippen molar-refractivity contribution in [3.8, 4) is 11.5 Å². The Morgan fingerprint density at radius 3 is 2.83 bits per heavy atom. The molecule has 0 aromatic heterocycles. The summed E-state index contributed by atoms with van der Waals surface area (Å²) < 4.78 is 11.3. The molecule has 1 aliphatic heterocycles. The largest absolute Gasteiger partial charge is 0.454 e. The molecule has 0 saturated heterocycles. The fourth-order valence-corrected chi connectivity index (χ4v) is 2.81. The molecular weight excluding hydrogens is 362 g/mol. The molecule has 0 unspecified atom stereocenters. The third-order valence-corrected chi connectivity index (χ3v) is 4.29. The van der Waals surface area contributed by atoms with Gasteiger partial charge in [-0.3, -0.25) is 4.79 Å². The minimum Gasteiger partial charge on any atom is -0.454 e. The van der Waals surface area contributed by atoms with Crippen molar-refractivity contribution in [1.82, 2.24) is 5.32 Å². The second-order valence-corrected chi connectivity index (χ2v) is 6.01. The summed E-state index contributed by atoms with van der Waals surface area (Å²) in [6.07, 6.45) is -0.264. The Labute approximate surface area is 142 Å². The molecule has 120 valence electrons. The van der Waals surface area contributed by atoms with Gasteiger partial charge in [0.25, 0.3) is 5.91 Å². The van der Waals surface area contributed by atoms with Gasteiger partial charge >= 0.3 is 0 Å². The lowest BCUT2D eigenvalue weighted by Crippen LogP contribution is -2.25. The number of fused-ring (bicyclic) bond motifs is 1. The van der Waals surface area contributed by atoms with Gasteiger partial charge in [0.15, 0.2) is 11.5 Å². The summed E-state index contributed by atoms with van der Waals surface area (Å²) in [6.45, 7) is 0.576. The first kappa shape index (κ1) is 15.8. The zero-order chi connectivity index (χ0) is 16.2. The zero-order valence-corrected chi connectivity index (χ0v) is 13.9. The minimum absolute atomic E-state index is 0.171. The number of halogens is 1. The number of ether oxygens (including phenoxy) is 2. The molecule has 1 heterocycles. The summed E-state index contributed by atoms with van der Waals surface area (Å²) in [5.41, 5.74) is 1.31. The average molecular weight is 378 g/mol. The van der Waals surface area contributed by atoms with Crippen LogP contribution < -0.4 is 14.8 Å². The van der Waals surface area contributed by atoms with E-state index in [4.69, 9.17) is 9.47 Å². The fraction of sp³-hybridized carbons (Fsp3) is 0.235. The van der Waals surface area contributed by atoms with E-state index in [1.807, 2.05) is 12.1 Å². The van der Waals surface area contributed by atoms with Crippen LogP contribution >= 0.6 is 15.9 Å². The topological polar surface area (TPSA) is 67.8 Å². The number of hydrogen-bond acceptors (Lipinski definition) is 4. The highest BCUT2D eigenvalue weighted by Gasteiger charge is 2.17. The van der Waals surface area contributed by atoms with E-state index in [1.165, 1.54) is 0 Å². The summed E-state index contributed by atoms with van der Waals surface area (Å²) >= 11 is 3.35. The van der Waals surface area contributed by atoms with Gasteiger partial charge in [-0.05, 0) is 52.2 Å². The summed E-state index contributed by atoms with van der Waals surface area (Å²) in [4.78, 5) is 12.1. The zero-order valence-electron chi connectivity index (χ0n) is 12.3. The van der Waals surface area contributed by atoms with Crippen molar-refractivity contribution < 1.29 is 19.4 Å². The number of aliphatic hydroxyl groups is 1. The number of amides is 1. The van der Waals surface area contributed by atoms with Gasteiger partial charge in [-0.25, -0.2) is 0 Å². The first-order valence-corrected chi connectivity index (χ1v) is 8.05. The monoisotopic (exact) mass is 377 g/mol. The van der Waals surface area contributed by atoms with Gasteiger partial charge in [-0.2, -0.15) is 0 Å². The van der Waals surface area contributed by atoms with E-state index in [9.17, 15) is 9.90 Å². The van der Waals surface area contributed by atoms with Gasteiger partial charge in [0.1, 0.15) is 0 Å². The predicted molar refractivity (Wildman–Crippen MR) is 88.6 cm³/mol. The van der Waals surface area contributed by atoms with E-state index < -0.39 is 6.10 Å². The van der Waals surface area contributed by atoms with E-state index in [1.54, 1.807) is 30.3 Å². The molecule has 3 rings (SSSR count). The number of nitrogens with one attached hydrogen (secondary N) is 1. The number of carbonyl (C=O) groups is 1. The van der Waals surface area contributed by atoms with E-state index in [0.717, 1.165) is 10.0 Å². The van der Waals surface area contributed by atoms with Crippen molar-refractivity contribution in [1.29, 1.82) is 0 Å². The Morgan fingerprint density at radius 1 is 1.22 bits per heavy atom. The Kier molecular flexibility index (Phi) is 4.83. The van der Waals surface area contributed by atoms with Gasteiger partial charge < -0.3 is 19.9 Å². The van der Waals surface area contributed by atoms with Crippen molar-refractivity contribution >= 4 is 21.8 Å². The molecule has 0 saturated carbocycles. The molecular formula is C17H16BrNO4. The molecule has 2 N–H and O–H groups in total. The maximum atomic E-state index is 12.1. The van der Waals surface area contributed by atoms with Crippen LogP contribution in [0.3, 0.4) is 0 Å². The van der Waals surface area contributed by atoms with Crippen molar-refractivity contribution in [2.45, 2.75) is 12.5 Å². The lowest BCUT2D eigenvalue weighted by Gasteiger charge is -2.12. The van der Waals surface area contributed by atoms with Gasteiger partial charge in [-0.1, -0.05) is 18.2 Å². The smallest absolute Gasteiger partial charge is 0.252 e. The average Bonchev–Trinajstić information content (AvgIpc) is 3.02. The molecule has 2 aromatic carbocycles. The van der Waals surface area contributed by atoms with Crippen LogP contribution in [0.25, 0.3) is 0 Å². The molecule has 1 aliphatic rings. The Balaban J connectivity index is 1.54. The molecule has 0 aliphatic carbocycles. The predicted octanol–water partition coefficient (Wildman–Crippen LogP) is 3.03. The summed E-state index contributed by atoms with van der Waals surface area (Å²) in [7, 11) is 0. The molecule has 5 nitrogen and oxygen atoms in total. The van der Waals surface area contributed by atoms with Crippen LogP contribution in [0.4, 0.5) is 0 Å². The van der Waals surface area contributed by atoms with Crippen LogP contribution in [0.1, 0.15) is 28.4 Å². The van der Waals surface area contributed by atoms with Gasteiger partial charge in [0, 0.05) is 11.0 Å². The van der Waals surface area contributed by atoms with Crippen molar-refractivity contribution in [2.24, 2.45) is 0 Å². The van der Waals surface area contributed by atoms with Crippen LogP contribution in [0, 0.1) is 0 Å². The molecule has 1 atom stereocenters. The molecule has 2 aromatic rings. The number of carbonyl (C=O) groups excluding carboxylic acids is 1. The second-order valence-electron chi connectivity index (χ2n) is 5.15. The quantitative estimate of drug-likeness (QED) is 0.840. The first-order chi connectivity index (χ1) is 11.1. The molecule has 0 bridgehead atoms. The van der Waals surface area contributed by atoms with Gasteiger partial charge in [-0.15, -0.1) is 0 Å². The highest BCUT2D eigenvalue weighted by molar-refractivity contribution is 9.10. The van der Waals surface area contributed by atoms with Crippen LogP contribution in [0.2, 0.25) is 0 Å². The van der Waals surface area contributed by atoms with Crippen LogP contribution in [-0.4, -0.2) is 24.4 Å². The van der Waals surface area contributed by atoms with Crippen LogP contribution in [-0.2, 0) is 0 Å². The van der Waals surface area contributed by atoms with Crippen LogP contribution in [0.5, 0.6) is 11.5 Å².